The molecule has 0 aromatic rings. The summed E-state index contributed by atoms with van der Waals surface area (Å²) in [5.41, 5.74) is 10.7. The first kappa shape index (κ1) is 43.7. The summed E-state index contributed by atoms with van der Waals surface area (Å²) in [6, 6.07) is -0.206. The van der Waals surface area contributed by atoms with Gasteiger partial charge in [-0.3, -0.25) is 19.2 Å². The fourth-order valence-corrected chi connectivity index (χ4v) is 3.02. The molecular formula is C26H56N4O9. The first-order valence-corrected chi connectivity index (χ1v) is 13.7. The maximum Gasteiger partial charge on any atom is 0.303 e. The largest absolute Gasteiger partial charge is 0.481 e. The van der Waals surface area contributed by atoms with Crippen LogP contribution in [0.2, 0.25) is 0 Å². The van der Waals surface area contributed by atoms with Crippen molar-refractivity contribution in [2.75, 3.05) is 26.3 Å². The molecule has 2 atom stereocenters. The van der Waals surface area contributed by atoms with Gasteiger partial charge in [0, 0.05) is 38.8 Å². The number of amides is 2. The number of aliphatic hydroxyl groups excluding tert-OH is 2. The maximum atomic E-state index is 11.6. The molecule has 0 bridgehead atoms. The molecule has 0 spiro atoms. The Bertz CT molecular complexity index is 580. The Balaban J connectivity index is -0.000000258. The van der Waals surface area contributed by atoms with Crippen LogP contribution in [0.4, 0.5) is 0 Å². The normalized spacial score (nSPS) is 11.3. The molecular weight excluding hydrogens is 512 g/mol. The Labute approximate surface area is 233 Å². The average molecular weight is 569 g/mol. The van der Waals surface area contributed by atoms with Gasteiger partial charge >= 0.3 is 11.9 Å². The number of aliphatic carboxylic acids is 2. The van der Waals surface area contributed by atoms with Gasteiger partial charge in [0.1, 0.15) is 0 Å². The van der Waals surface area contributed by atoms with Gasteiger partial charge < -0.3 is 48.0 Å². The van der Waals surface area contributed by atoms with Crippen molar-refractivity contribution >= 4 is 23.8 Å². The molecule has 0 aliphatic rings. The van der Waals surface area contributed by atoms with Crippen molar-refractivity contribution in [1.29, 1.82) is 0 Å². The predicted octanol–water partition coefficient (Wildman–Crippen LogP) is 0.677. The van der Waals surface area contributed by atoms with Crippen molar-refractivity contribution in [3.05, 3.63) is 0 Å². The number of hydrogen-bond acceptors (Lipinski definition) is 8. The Morgan fingerprint density at radius 1 is 0.769 bits per heavy atom. The Kier molecular flexibility index (Phi) is 37.8. The first-order valence-electron chi connectivity index (χ1n) is 13.7. The van der Waals surface area contributed by atoms with Gasteiger partial charge in [0.2, 0.25) is 11.8 Å². The van der Waals surface area contributed by atoms with Crippen molar-refractivity contribution in [2.24, 2.45) is 11.5 Å². The monoisotopic (exact) mass is 568 g/mol. The van der Waals surface area contributed by atoms with E-state index in [0.717, 1.165) is 64.3 Å². The molecule has 13 nitrogen and oxygen atoms in total. The van der Waals surface area contributed by atoms with Gasteiger partial charge in [0.05, 0.1) is 19.3 Å². The number of unbranched alkanes of at least 4 members (excludes halogenated alkanes) is 5. The van der Waals surface area contributed by atoms with E-state index in [1.807, 2.05) is 0 Å². The molecule has 0 aliphatic heterocycles. The standard InChI is InChI=1S/C14H28N2O3.C6H16N2O.C6H10O4.H2O/c1-3-4-5-9-14(19)16-13(11-17)8-6-7-10-15-12(2)18;7-4-2-1-3-6(8)5-9;7-5(8)3-1-2-4-6(9)10;/h13,17H,3-11H2,1-2H3,(H,15,18)(H,16,19);6,9H,1-5,7-8H2;1-4H2,(H,7,8)(H,9,10);1H2. The van der Waals surface area contributed by atoms with Crippen LogP contribution < -0.4 is 22.1 Å². The lowest BCUT2D eigenvalue weighted by Crippen LogP contribution is -2.37. The van der Waals surface area contributed by atoms with Gasteiger partial charge in [-0.15, -0.1) is 0 Å². The summed E-state index contributed by atoms with van der Waals surface area (Å²) in [5.74, 6) is -1.74. The van der Waals surface area contributed by atoms with E-state index in [4.69, 9.17) is 26.8 Å². The second-order valence-electron chi connectivity index (χ2n) is 9.10. The van der Waals surface area contributed by atoms with Crippen molar-refractivity contribution in [3.8, 4) is 0 Å². The number of carboxylic acid groups (broad SMARTS) is 2. The van der Waals surface area contributed by atoms with Crippen LogP contribution in [0.1, 0.15) is 104 Å². The van der Waals surface area contributed by atoms with Crippen LogP contribution in [0.15, 0.2) is 0 Å². The summed E-state index contributed by atoms with van der Waals surface area (Å²) in [6.07, 6.45) is 10.0. The molecule has 0 aromatic carbocycles. The van der Waals surface area contributed by atoms with Crippen molar-refractivity contribution in [3.63, 3.8) is 0 Å². The highest BCUT2D eigenvalue weighted by Gasteiger charge is 2.10. The fraction of sp³-hybridized carbons (Fsp3) is 0.846. The van der Waals surface area contributed by atoms with Gasteiger partial charge in [-0.25, -0.2) is 0 Å². The van der Waals surface area contributed by atoms with Crippen LogP contribution in [0.25, 0.3) is 0 Å². The molecule has 0 rings (SSSR count). The lowest BCUT2D eigenvalue weighted by molar-refractivity contribution is -0.139. The van der Waals surface area contributed by atoms with E-state index in [-0.39, 0.29) is 55.4 Å². The fourth-order valence-electron chi connectivity index (χ4n) is 3.02. The Morgan fingerprint density at radius 2 is 1.31 bits per heavy atom. The van der Waals surface area contributed by atoms with Crippen LogP contribution >= 0.6 is 0 Å². The van der Waals surface area contributed by atoms with E-state index >= 15 is 0 Å². The van der Waals surface area contributed by atoms with Crippen LogP contribution in [-0.4, -0.2) is 88.0 Å². The number of carbonyl (C=O) groups is 4. The van der Waals surface area contributed by atoms with Crippen molar-refractivity contribution in [2.45, 2.75) is 116 Å². The van der Waals surface area contributed by atoms with Crippen molar-refractivity contribution in [1.82, 2.24) is 10.6 Å². The van der Waals surface area contributed by atoms with E-state index in [1.54, 1.807) is 0 Å². The number of nitrogens with two attached hydrogens (primary N) is 2. The number of nitrogens with one attached hydrogen (secondary N) is 2. The van der Waals surface area contributed by atoms with Gasteiger partial charge in [0.25, 0.3) is 0 Å². The molecule has 0 heterocycles. The molecule has 39 heavy (non-hydrogen) atoms. The van der Waals surface area contributed by atoms with Crippen LogP contribution in [0.5, 0.6) is 0 Å². The summed E-state index contributed by atoms with van der Waals surface area (Å²) in [6.45, 7) is 5.02. The van der Waals surface area contributed by atoms with Gasteiger partial charge in [-0.05, 0) is 57.9 Å². The minimum atomic E-state index is -0.870. The lowest BCUT2D eigenvalue weighted by atomic mass is 10.1. The van der Waals surface area contributed by atoms with E-state index in [9.17, 15) is 24.3 Å². The van der Waals surface area contributed by atoms with E-state index < -0.39 is 11.9 Å². The number of carbonyl (C=O) groups excluding carboxylic acids is 2. The van der Waals surface area contributed by atoms with Gasteiger partial charge in [-0.1, -0.05) is 26.2 Å². The third-order valence-electron chi connectivity index (χ3n) is 5.24. The number of carboxylic acids is 2. The molecule has 0 aromatic heterocycles. The minimum absolute atomic E-state index is 0. The zero-order valence-corrected chi connectivity index (χ0v) is 24.0. The predicted molar refractivity (Wildman–Crippen MR) is 151 cm³/mol. The highest BCUT2D eigenvalue weighted by molar-refractivity contribution is 5.76. The third-order valence-corrected chi connectivity index (χ3v) is 5.24. The summed E-state index contributed by atoms with van der Waals surface area (Å²) >= 11 is 0. The van der Waals surface area contributed by atoms with E-state index in [0.29, 0.717) is 25.8 Å². The third kappa shape index (κ3) is 43.0. The second-order valence-corrected chi connectivity index (χ2v) is 9.10. The van der Waals surface area contributed by atoms with E-state index in [2.05, 4.69) is 17.6 Å². The highest BCUT2D eigenvalue weighted by atomic mass is 16.4. The molecule has 0 fully saturated rings. The number of rotatable bonds is 21. The highest BCUT2D eigenvalue weighted by Crippen LogP contribution is 2.03. The summed E-state index contributed by atoms with van der Waals surface area (Å²) in [7, 11) is 0. The molecule has 12 N–H and O–H groups in total. The SMILES string of the molecule is CCCCCC(=O)NC(CO)CCCCNC(C)=O.NCCCCC(N)CO.O.O=C(O)CCCCC(=O)O. The Morgan fingerprint density at radius 3 is 1.74 bits per heavy atom. The average Bonchev–Trinajstić information content (AvgIpc) is 2.86. The van der Waals surface area contributed by atoms with Gasteiger partial charge in [0.15, 0.2) is 0 Å². The second kappa shape index (κ2) is 33.7. The minimum Gasteiger partial charge on any atom is -0.481 e. The van der Waals surface area contributed by atoms with Crippen LogP contribution in [0.3, 0.4) is 0 Å². The molecule has 2 unspecified atom stereocenters. The van der Waals surface area contributed by atoms with E-state index in [1.165, 1.54) is 6.92 Å². The van der Waals surface area contributed by atoms with Crippen LogP contribution in [0, 0.1) is 0 Å². The first-order chi connectivity index (χ1) is 18.0. The molecule has 0 aliphatic carbocycles. The summed E-state index contributed by atoms with van der Waals surface area (Å²) in [5, 5.41) is 39.5. The smallest absolute Gasteiger partial charge is 0.303 e. The van der Waals surface area contributed by atoms with Gasteiger partial charge in [-0.2, -0.15) is 0 Å². The molecule has 2 amide bonds. The summed E-state index contributed by atoms with van der Waals surface area (Å²) in [4.78, 5) is 42.0. The molecule has 0 saturated heterocycles. The number of hydrogen-bond donors (Lipinski definition) is 8. The zero-order valence-electron chi connectivity index (χ0n) is 24.0. The summed E-state index contributed by atoms with van der Waals surface area (Å²) < 4.78 is 0. The Hall–Kier alpha value is -2.32. The molecule has 13 heteroatoms. The topological polar surface area (TPSA) is 257 Å². The lowest BCUT2D eigenvalue weighted by Gasteiger charge is -2.16. The zero-order chi connectivity index (χ0) is 29.6. The van der Waals surface area contributed by atoms with Crippen LogP contribution in [-0.2, 0) is 19.2 Å². The molecule has 0 radical (unpaired) electrons. The molecule has 234 valence electrons. The van der Waals surface area contributed by atoms with Crippen molar-refractivity contribution < 1.29 is 45.1 Å². The molecule has 0 saturated carbocycles. The maximum absolute atomic E-state index is 11.6. The quantitative estimate of drug-likeness (QED) is 0.0897. The number of aliphatic hydroxyl groups is 2.